The van der Waals surface area contributed by atoms with Gasteiger partial charge in [0.15, 0.2) is 0 Å². The van der Waals surface area contributed by atoms with Gasteiger partial charge >= 0.3 is 0 Å². The van der Waals surface area contributed by atoms with Crippen LogP contribution in [-0.2, 0) is 0 Å². The highest BCUT2D eigenvalue weighted by Crippen LogP contribution is 2.19. The molecule has 0 saturated carbocycles. The van der Waals surface area contributed by atoms with Crippen molar-refractivity contribution >= 4 is 5.57 Å². The molecule has 1 aromatic rings. The average molecular weight is 225 g/mol. The van der Waals surface area contributed by atoms with Crippen LogP contribution in [0.5, 0.6) is 0 Å². The zero-order valence-electron chi connectivity index (χ0n) is 9.69. The molecule has 0 heterocycles. The lowest BCUT2D eigenvalue weighted by Gasteiger charge is -2.04. The van der Waals surface area contributed by atoms with Crippen LogP contribution >= 0.6 is 0 Å². The topological polar surface area (TPSA) is 12.0 Å². The van der Waals surface area contributed by atoms with Gasteiger partial charge in [0.1, 0.15) is 11.6 Å². The average Bonchev–Trinajstić information content (AvgIpc) is 2.27. The van der Waals surface area contributed by atoms with E-state index in [2.05, 4.69) is 5.32 Å². The van der Waals surface area contributed by atoms with E-state index < -0.39 is 5.82 Å². The predicted molar refractivity (Wildman–Crippen MR) is 63.2 cm³/mol. The first-order valence-electron chi connectivity index (χ1n) is 5.48. The largest absolute Gasteiger partial charge is 0.317 e. The van der Waals surface area contributed by atoms with E-state index in [9.17, 15) is 8.78 Å². The Morgan fingerprint density at radius 3 is 2.81 bits per heavy atom. The smallest absolute Gasteiger partial charge is 0.130 e. The molecule has 0 aromatic heterocycles. The van der Waals surface area contributed by atoms with Crippen LogP contribution in [0.4, 0.5) is 8.78 Å². The fraction of sp³-hybridized carbons (Fsp3) is 0.385. The Hall–Kier alpha value is -1.22. The van der Waals surface area contributed by atoms with E-state index in [0.29, 0.717) is 5.56 Å². The molecule has 1 nitrogen and oxygen atoms in total. The van der Waals surface area contributed by atoms with Crippen molar-refractivity contribution in [1.29, 1.82) is 0 Å². The van der Waals surface area contributed by atoms with Gasteiger partial charge in [-0.2, -0.15) is 0 Å². The Labute approximate surface area is 95.2 Å². The Morgan fingerprint density at radius 1 is 1.38 bits per heavy atom. The molecule has 1 rings (SSSR count). The highest BCUT2D eigenvalue weighted by molar-refractivity contribution is 5.64. The number of rotatable bonds is 5. The van der Waals surface area contributed by atoms with Crippen LogP contribution in [0.15, 0.2) is 24.3 Å². The van der Waals surface area contributed by atoms with E-state index in [1.165, 1.54) is 6.07 Å². The molecular formula is C13H17F2N. The van der Waals surface area contributed by atoms with Gasteiger partial charge in [-0.1, -0.05) is 13.0 Å². The van der Waals surface area contributed by atoms with E-state index in [-0.39, 0.29) is 5.82 Å². The molecule has 1 aromatic carbocycles. The Morgan fingerprint density at radius 2 is 2.12 bits per heavy atom. The lowest BCUT2D eigenvalue weighted by atomic mass is 10.1. The van der Waals surface area contributed by atoms with Crippen LogP contribution in [-0.4, -0.2) is 13.1 Å². The van der Waals surface area contributed by atoms with Crippen LogP contribution in [0.25, 0.3) is 5.57 Å². The summed E-state index contributed by atoms with van der Waals surface area (Å²) in [6.07, 6.45) is 2.73. The highest BCUT2D eigenvalue weighted by atomic mass is 19.1. The van der Waals surface area contributed by atoms with Crippen molar-refractivity contribution in [2.75, 3.05) is 13.1 Å². The van der Waals surface area contributed by atoms with Crippen molar-refractivity contribution in [3.05, 3.63) is 41.5 Å². The standard InChI is InChI=1S/C13H17F2N/c1-3-16-8-4-5-10(2)12-9-11(14)6-7-13(12)15/h5-7,9,16H,3-4,8H2,1-2H3. The molecule has 1 N–H and O–H groups in total. The minimum atomic E-state index is -0.407. The summed E-state index contributed by atoms with van der Waals surface area (Å²) in [7, 11) is 0. The number of benzene rings is 1. The molecule has 0 aliphatic carbocycles. The van der Waals surface area contributed by atoms with E-state index >= 15 is 0 Å². The van der Waals surface area contributed by atoms with Crippen molar-refractivity contribution in [3.8, 4) is 0 Å². The summed E-state index contributed by atoms with van der Waals surface area (Å²) in [6.45, 7) is 5.60. The van der Waals surface area contributed by atoms with Crippen molar-refractivity contribution in [2.24, 2.45) is 0 Å². The van der Waals surface area contributed by atoms with Gasteiger partial charge in [0, 0.05) is 5.56 Å². The summed E-state index contributed by atoms with van der Waals surface area (Å²) < 4.78 is 26.3. The molecule has 0 unspecified atom stereocenters. The van der Waals surface area contributed by atoms with Gasteiger partial charge < -0.3 is 5.32 Å². The molecule has 0 bridgehead atoms. The number of allylic oxidation sites excluding steroid dienone is 1. The van der Waals surface area contributed by atoms with E-state index in [1.54, 1.807) is 6.92 Å². The number of halogens is 2. The van der Waals surface area contributed by atoms with Gasteiger partial charge in [-0.3, -0.25) is 0 Å². The Kier molecular flexibility index (Phi) is 5.12. The summed E-state index contributed by atoms with van der Waals surface area (Å²) in [4.78, 5) is 0. The normalized spacial score (nSPS) is 11.9. The molecule has 0 atom stereocenters. The van der Waals surface area contributed by atoms with Gasteiger partial charge in [0.2, 0.25) is 0 Å². The lowest BCUT2D eigenvalue weighted by molar-refractivity contribution is 0.597. The third-order valence-corrected chi connectivity index (χ3v) is 2.37. The first-order chi connectivity index (χ1) is 7.65. The van der Waals surface area contributed by atoms with Crippen LogP contribution in [0.2, 0.25) is 0 Å². The summed E-state index contributed by atoms with van der Waals surface area (Å²) in [5.74, 6) is -0.783. The maximum Gasteiger partial charge on any atom is 0.130 e. The zero-order chi connectivity index (χ0) is 12.0. The van der Waals surface area contributed by atoms with Crippen molar-refractivity contribution in [2.45, 2.75) is 20.3 Å². The van der Waals surface area contributed by atoms with E-state index in [1.807, 2.05) is 13.0 Å². The van der Waals surface area contributed by atoms with E-state index in [4.69, 9.17) is 0 Å². The summed E-state index contributed by atoms with van der Waals surface area (Å²) in [5, 5.41) is 3.17. The quantitative estimate of drug-likeness (QED) is 0.758. The zero-order valence-corrected chi connectivity index (χ0v) is 9.69. The number of hydrogen-bond acceptors (Lipinski definition) is 1. The maximum absolute atomic E-state index is 13.4. The third kappa shape index (κ3) is 3.74. The summed E-state index contributed by atoms with van der Waals surface area (Å²) in [6, 6.07) is 3.52. The highest BCUT2D eigenvalue weighted by Gasteiger charge is 2.04. The molecule has 0 aliphatic heterocycles. The van der Waals surface area contributed by atoms with Gasteiger partial charge in [0.25, 0.3) is 0 Å². The van der Waals surface area contributed by atoms with Crippen molar-refractivity contribution in [1.82, 2.24) is 5.32 Å². The van der Waals surface area contributed by atoms with Gasteiger partial charge in [0.05, 0.1) is 0 Å². The van der Waals surface area contributed by atoms with Gasteiger partial charge in [-0.25, -0.2) is 8.78 Å². The van der Waals surface area contributed by atoms with Crippen LogP contribution in [0.1, 0.15) is 25.8 Å². The minimum Gasteiger partial charge on any atom is -0.317 e. The van der Waals surface area contributed by atoms with Gasteiger partial charge in [-0.15, -0.1) is 0 Å². The van der Waals surface area contributed by atoms with E-state index in [0.717, 1.165) is 37.2 Å². The molecule has 88 valence electrons. The molecule has 0 radical (unpaired) electrons. The minimum absolute atomic E-state index is 0.344. The molecular weight excluding hydrogens is 208 g/mol. The summed E-state index contributed by atoms with van der Waals surface area (Å²) >= 11 is 0. The van der Waals surface area contributed by atoms with Crippen molar-refractivity contribution < 1.29 is 8.78 Å². The second-order valence-corrected chi connectivity index (χ2v) is 3.65. The van der Waals surface area contributed by atoms with Crippen LogP contribution in [0.3, 0.4) is 0 Å². The van der Waals surface area contributed by atoms with Crippen LogP contribution in [0, 0.1) is 11.6 Å². The maximum atomic E-state index is 13.4. The monoisotopic (exact) mass is 225 g/mol. The number of nitrogens with one attached hydrogen (secondary N) is 1. The fourth-order valence-corrected chi connectivity index (χ4v) is 1.48. The molecule has 3 heteroatoms. The molecule has 0 spiro atoms. The van der Waals surface area contributed by atoms with Gasteiger partial charge in [-0.05, 0) is 50.2 Å². The molecule has 0 amide bonds. The SMILES string of the molecule is CCNCCC=C(C)c1cc(F)ccc1F. The van der Waals surface area contributed by atoms with Crippen molar-refractivity contribution in [3.63, 3.8) is 0 Å². The first-order valence-corrected chi connectivity index (χ1v) is 5.48. The predicted octanol–water partition coefficient (Wildman–Crippen LogP) is 3.37. The molecule has 16 heavy (non-hydrogen) atoms. The molecule has 0 fully saturated rings. The number of hydrogen-bond donors (Lipinski definition) is 1. The lowest BCUT2D eigenvalue weighted by Crippen LogP contribution is -2.13. The molecule has 0 aliphatic rings. The first kappa shape index (κ1) is 12.8. The Bertz CT molecular complexity index is 372. The fourth-order valence-electron chi connectivity index (χ4n) is 1.48. The third-order valence-electron chi connectivity index (χ3n) is 2.37. The molecule has 0 saturated heterocycles. The second kappa shape index (κ2) is 6.38. The Balaban J connectivity index is 2.71. The summed E-state index contributed by atoms with van der Waals surface area (Å²) in [5.41, 5.74) is 1.12. The van der Waals surface area contributed by atoms with Crippen LogP contribution < -0.4 is 5.32 Å². The second-order valence-electron chi connectivity index (χ2n) is 3.65.